The van der Waals surface area contributed by atoms with Crippen LogP contribution in [0, 0.1) is 0 Å². The van der Waals surface area contributed by atoms with Crippen LogP contribution in [-0.4, -0.2) is 78.8 Å². The first-order chi connectivity index (χ1) is 13.4. The summed E-state index contributed by atoms with van der Waals surface area (Å²) in [6.07, 6.45) is 3.72. The van der Waals surface area contributed by atoms with Crippen molar-refractivity contribution in [1.29, 1.82) is 0 Å². The number of carbonyl (C=O) groups excluding carboxylic acids is 1. The molecule has 1 aliphatic carbocycles. The van der Waals surface area contributed by atoms with Crippen LogP contribution in [-0.2, 0) is 9.53 Å². The van der Waals surface area contributed by atoms with Gasteiger partial charge < -0.3 is 14.0 Å². The summed E-state index contributed by atoms with van der Waals surface area (Å²) in [4.78, 5) is 21.6. The van der Waals surface area contributed by atoms with Crippen molar-refractivity contribution < 1.29 is 18.8 Å². The maximum absolute atomic E-state index is 12.6. The minimum Gasteiger partial charge on any atom is -0.490 e. The summed E-state index contributed by atoms with van der Waals surface area (Å²) in [6.45, 7) is 2.43. The number of allylic oxidation sites excluding steroid dienone is 2. The molecule has 0 fully saturated rings. The average molecular weight is 382 g/mol. The van der Waals surface area contributed by atoms with Crippen LogP contribution in [0.4, 0.5) is 5.69 Å². The van der Waals surface area contributed by atoms with Crippen molar-refractivity contribution in [1.82, 2.24) is 9.61 Å². The smallest absolute Gasteiger partial charge is 0.260 e. The van der Waals surface area contributed by atoms with Gasteiger partial charge in [-0.05, 0) is 12.1 Å². The van der Waals surface area contributed by atoms with Crippen molar-refractivity contribution in [2.75, 3.05) is 47.4 Å². The van der Waals surface area contributed by atoms with Gasteiger partial charge in [-0.15, -0.1) is 5.10 Å². The number of carbonyl (C=O) groups is 1. The zero-order valence-corrected chi connectivity index (χ0v) is 16.4. The molecular formula is C20H24N5O3+. The van der Waals surface area contributed by atoms with E-state index in [1.807, 2.05) is 24.4 Å². The van der Waals surface area contributed by atoms with Crippen molar-refractivity contribution in [3.05, 3.63) is 36.2 Å². The number of aliphatic imine (C=N–C) groups is 2. The fourth-order valence-electron chi connectivity index (χ4n) is 3.01. The van der Waals surface area contributed by atoms with Gasteiger partial charge in [-0.3, -0.25) is 9.79 Å². The van der Waals surface area contributed by atoms with Gasteiger partial charge in [-0.2, -0.15) is 0 Å². The first kappa shape index (κ1) is 18.4. The SMILES string of the molecule is C[N+](C)(C)CCOc1nn2ccccc2c1N=C1C=C2OCCN=C2CC1=O. The van der Waals surface area contributed by atoms with Gasteiger partial charge in [0.2, 0.25) is 0 Å². The van der Waals surface area contributed by atoms with Crippen LogP contribution in [0.1, 0.15) is 6.42 Å². The van der Waals surface area contributed by atoms with Crippen LogP contribution < -0.4 is 4.74 Å². The average Bonchev–Trinajstić information content (AvgIpc) is 2.99. The van der Waals surface area contributed by atoms with Crippen molar-refractivity contribution in [3.8, 4) is 5.88 Å². The number of nitrogens with zero attached hydrogens (tertiary/aromatic N) is 5. The highest BCUT2D eigenvalue weighted by molar-refractivity contribution is 6.50. The predicted molar refractivity (Wildman–Crippen MR) is 107 cm³/mol. The summed E-state index contributed by atoms with van der Waals surface area (Å²) in [6, 6.07) is 5.70. The van der Waals surface area contributed by atoms with Crippen LogP contribution in [0.2, 0.25) is 0 Å². The minimum atomic E-state index is -0.0828. The third-order valence-corrected chi connectivity index (χ3v) is 4.53. The number of fused-ring (bicyclic) bond motifs is 2. The van der Waals surface area contributed by atoms with E-state index in [-0.39, 0.29) is 12.2 Å². The van der Waals surface area contributed by atoms with Gasteiger partial charge in [0, 0.05) is 12.3 Å². The van der Waals surface area contributed by atoms with Gasteiger partial charge >= 0.3 is 0 Å². The summed E-state index contributed by atoms with van der Waals surface area (Å²) in [5.74, 6) is 0.969. The van der Waals surface area contributed by atoms with E-state index in [2.05, 4.69) is 36.2 Å². The molecule has 0 saturated carbocycles. The molecule has 2 aliphatic rings. The lowest BCUT2D eigenvalue weighted by molar-refractivity contribution is -0.870. The second kappa shape index (κ2) is 7.20. The van der Waals surface area contributed by atoms with E-state index in [0.717, 1.165) is 16.5 Å². The largest absolute Gasteiger partial charge is 0.490 e. The highest BCUT2D eigenvalue weighted by atomic mass is 16.5. The molecule has 146 valence electrons. The number of rotatable bonds is 5. The van der Waals surface area contributed by atoms with E-state index >= 15 is 0 Å². The molecule has 3 heterocycles. The molecule has 0 spiro atoms. The lowest BCUT2D eigenvalue weighted by Gasteiger charge is -2.23. The molecule has 4 rings (SSSR count). The van der Waals surface area contributed by atoms with E-state index in [4.69, 9.17) is 9.47 Å². The Morgan fingerprint density at radius 1 is 1.32 bits per heavy atom. The van der Waals surface area contributed by atoms with E-state index in [9.17, 15) is 4.79 Å². The number of ketones is 1. The molecule has 8 heteroatoms. The molecule has 0 N–H and O–H groups in total. The molecule has 28 heavy (non-hydrogen) atoms. The number of ether oxygens (including phenoxy) is 2. The second-order valence-corrected chi connectivity index (χ2v) is 7.83. The fourth-order valence-corrected chi connectivity index (χ4v) is 3.01. The van der Waals surface area contributed by atoms with Gasteiger partial charge in [0.25, 0.3) is 5.88 Å². The monoisotopic (exact) mass is 382 g/mol. The van der Waals surface area contributed by atoms with Crippen LogP contribution in [0.3, 0.4) is 0 Å². The zero-order chi connectivity index (χ0) is 19.7. The normalized spacial score (nSPS) is 18.5. The summed E-state index contributed by atoms with van der Waals surface area (Å²) in [7, 11) is 6.30. The Bertz CT molecular complexity index is 1010. The Morgan fingerprint density at radius 2 is 2.18 bits per heavy atom. The summed E-state index contributed by atoms with van der Waals surface area (Å²) < 4.78 is 14.1. The highest BCUT2D eigenvalue weighted by Crippen LogP contribution is 2.33. The van der Waals surface area contributed by atoms with Gasteiger partial charge in [-0.25, -0.2) is 9.51 Å². The molecule has 2 aromatic heterocycles. The van der Waals surface area contributed by atoms with Crippen molar-refractivity contribution in [2.45, 2.75) is 6.42 Å². The minimum absolute atomic E-state index is 0.0828. The van der Waals surface area contributed by atoms with E-state index in [0.29, 0.717) is 48.5 Å². The molecule has 0 radical (unpaired) electrons. The number of quaternary nitrogens is 1. The van der Waals surface area contributed by atoms with Crippen molar-refractivity contribution in [3.63, 3.8) is 0 Å². The number of hydrogen-bond acceptors (Lipinski definition) is 6. The van der Waals surface area contributed by atoms with Gasteiger partial charge in [0.15, 0.2) is 11.5 Å². The lowest BCUT2D eigenvalue weighted by atomic mass is 10.00. The Morgan fingerprint density at radius 3 is 3.00 bits per heavy atom. The fraction of sp³-hybridized carbons (Fsp3) is 0.400. The Labute approximate surface area is 163 Å². The number of hydrogen-bond donors (Lipinski definition) is 0. The second-order valence-electron chi connectivity index (χ2n) is 7.83. The molecule has 0 saturated heterocycles. The maximum atomic E-state index is 12.6. The number of Topliss-reactive ketones (excluding diaryl/α,β-unsaturated/α-hetero) is 1. The highest BCUT2D eigenvalue weighted by Gasteiger charge is 2.27. The summed E-state index contributed by atoms with van der Waals surface area (Å²) in [5, 5.41) is 4.50. The Balaban J connectivity index is 1.72. The Kier molecular flexibility index (Phi) is 4.72. The third kappa shape index (κ3) is 3.82. The first-order valence-corrected chi connectivity index (χ1v) is 9.31. The maximum Gasteiger partial charge on any atom is 0.260 e. The molecule has 8 nitrogen and oxygen atoms in total. The summed E-state index contributed by atoms with van der Waals surface area (Å²) in [5.41, 5.74) is 2.38. The molecule has 0 aromatic carbocycles. The van der Waals surface area contributed by atoms with Gasteiger partial charge in [0.05, 0.1) is 45.3 Å². The van der Waals surface area contributed by atoms with Crippen LogP contribution in [0.15, 0.2) is 46.2 Å². The zero-order valence-electron chi connectivity index (χ0n) is 16.4. The van der Waals surface area contributed by atoms with Crippen LogP contribution in [0.25, 0.3) is 5.52 Å². The first-order valence-electron chi connectivity index (χ1n) is 9.31. The van der Waals surface area contributed by atoms with E-state index in [1.165, 1.54) is 0 Å². The molecule has 1 aliphatic heterocycles. The quantitative estimate of drug-likeness (QED) is 0.739. The van der Waals surface area contributed by atoms with Crippen molar-refractivity contribution in [2.24, 2.45) is 9.98 Å². The molecule has 0 atom stereocenters. The van der Waals surface area contributed by atoms with E-state index in [1.54, 1.807) is 10.6 Å². The summed E-state index contributed by atoms with van der Waals surface area (Å²) >= 11 is 0. The molecule has 2 aromatic rings. The van der Waals surface area contributed by atoms with Crippen molar-refractivity contribution >= 4 is 28.4 Å². The number of aromatic nitrogens is 2. The molecule has 0 bridgehead atoms. The van der Waals surface area contributed by atoms with Crippen LogP contribution in [0.5, 0.6) is 5.88 Å². The third-order valence-electron chi connectivity index (χ3n) is 4.53. The van der Waals surface area contributed by atoms with Gasteiger partial charge in [0.1, 0.15) is 31.2 Å². The number of likely N-dealkylation sites (N-methyl/N-ethyl adjacent to an activating group) is 1. The van der Waals surface area contributed by atoms with Crippen LogP contribution >= 0.6 is 0 Å². The predicted octanol–water partition coefficient (Wildman–Crippen LogP) is 1.82. The molecule has 0 amide bonds. The topological polar surface area (TPSA) is 77.6 Å². The lowest BCUT2D eigenvalue weighted by Crippen LogP contribution is -2.38. The standard InChI is InChI=1S/C20H24N5O3/c1-25(2,3)9-11-28-20-19(16-6-4-5-8-24(16)23-20)22-14-13-18-15(12-17(14)26)21-7-10-27-18/h4-6,8,13H,7,9-12H2,1-3H3/q+1. The number of pyridine rings is 1. The molecular weight excluding hydrogens is 358 g/mol. The Hall–Kier alpha value is -3.00. The van der Waals surface area contributed by atoms with E-state index < -0.39 is 0 Å². The molecule has 0 unspecified atom stereocenters. The van der Waals surface area contributed by atoms with Gasteiger partial charge in [-0.1, -0.05) is 6.07 Å².